The average molecular weight is 408 g/mol. The van der Waals surface area contributed by atoms with Gasteiger partial charge < -0.3 is 15.5 Å². The molecule has 0 aromatic heterocycles. The summed E-state index contributed by atoms with van der Waals surface area (Å²) in [6, 6.07) is 13.2. The van der Waals surface area contributed by atoms with Crippen LogP contribution in [0.5, 0.6) is 0 Å². The van der Waals surface area contributed by atoms with Crippen molar-refractivity contribution in [2.24, 2.45) is 4.99 Å². The Morgan fingerprint density at radius 2 is 1.66 bits per heavy atom. The maximum Gasteiger partial charge on any atom is 0.335 e. The van der Waals surface area contributed by atoms with Crippen molar-refractivity contribution in [2.45, 2.75) is 6.92 Å². The number of carbonyl (C=O) groups excluding carboxylic acids is 1. The first kappa shape index (κ1) is 20.1. The SMILES string of the molecule is CC(=C/c1ccccc1)/C=C1/SC(=Nc2cc(C(=O)O)cc(C(=O)O)c2)NC1=O. The van der Waals surface area contributed by atoms with Gasteiger partial charge in [-0.3, -0.25) is 4.79 Å². The molecular weight excluding hydrogens is 392 g/mol. The van der Waals surface area contributed by atoms with Crippen LogP contribution in [0.2, 0.25) is 0 Å². The topological polar surface area (TPSA) is 116 Å². The smallest absolute Gasteiger partial charge is 0.335 e. The average Bonchev–Trinajstić information content (AvgIpc) is 3.00. The highest BCUT2D eigenvalue weighted by atomic mass is 32.2. The molecule has 7 nitrogen and oxygen atoms in total. The molecule has 29 heavy (non-hydrogen) atoms. The van der Waals surface area contributed by atoms with E-state index >= 15 is 0 Å². The van der Waals surface area contributed by atoms with E-state index in [1.807, 2.05) is 43.3 Å². The Balaban J connectivity index is 1.86. The van der Waals surface area contributed by atoms with Crippen LogP contribution in [0.3, 0.4) is 0 Å². The van der Waals surface area contributed by atoms with E-state index in [1.54, 1.807) is 6.08 Å². The molecule has 8 heteroatoms. The van der Waals surface area contributed by atoms with Gasteiger partial charge in [-0.1, -0.05) is 36.4 Å². The minimum absolute atomic E-state index is 0.128. The number of carboxylic acids is 2. The van der Waals surface area contributed by atoms with Crippen molar-refractivity contribution in [2.75, 3.05) is 0 Å². The summed E-state index contributed by atoms with van der Waals surface area (Å²) < 4.78 is 0. The zero-order valence-corrected chi connectivity index (χ0v) is 16.1. The number of hydrogen-bond donors (Lipinski definition) is 3. The molecule has 0 atom stereocenters. The molecule has 1 aliphatic rings. The second kappa shape index (κ2) is 8.57. The van der Waals surface area contributed by atoms with Gasteiger partial charge in [0.15, 0.2) is 5.17 Å². The largest absolute Gasteiger partial charge is 0.478 e. The van der Waals surface area contributed by atoms with Gasteiger partial charge in [-0.15, -0.1) is 0 Å². The fourth-order valence-electron chi connectivity index (χ4n) is 2.58. The standard InChI is InChI=1S/C21H16N2O5S/c1-12(7-13-5-3-2-4-6-13)8-17-18(24)23-21(29-17)22-16-10-14(19(25)26)9-15(11-16)20(27)28/h2-11H,1H3,(H,25,26)(H,27,28)(H,22,23,24)/b12-7-,17-8+. The second-order valence-corrected chi connectivity index (χ2v) is 7.19. The lowest BCUT2D eigenvalue weighted by molar-refractivity contribution is -0.115. The van der Waals surface area contributed by atoms with Gasteiger partial charge in [0.05, 0.1) is 21.7 Å². The number of hydrogen-bond acceptors (Lipinski definition) is 5. The number of amides is 1. The number of aliphatic imine (C=N–C) groups is 1. The Morgan fingerprint density at radius 3 is 2.24 bits per heavy atom. The first-order valence-corrected chi connectivity index (χ1v) is 9.28. The minimum atomic E-state index is -1.26. The Labute approximate surface area is 170 Å². The van der Waals surface area contributed by atoms with Gasteiger partial charge in [-0.05, 0) is 54.1 Å². The van der Waals surface area contributed by atoms with Gasteiger partial charge in [0.2, 0.25) is 0 Å². The van der Waals surface area contributed by atoms with E-state index in [1.165, 1.54) is 12.1 Å². The molecule has 1 aliphatic heterocycles. The van der Waals surface area contributed by atoms with Gasteiger partial charge in [-0.25, -0.2) is 14.6 Å². The summed E-state index contributed by atoms with van der Waals surface area (Å²) in [7, 11) is 0. The molecule has 1 fully saturated rings. The van der Waals surface area contributed by atoms with Crippen LogP contribution in [0.4, 0.5) is 5.69 Å². The van der Waals surface area contributed by atoms with Crippen molar-refractivity contribution in [1.82, 2.24) is 5.32 Å². The third-order valence-electron chi connectivity index (χ3n) is 3.85. The molecule has 0 aliphatic carbocycles. The maximum atomic E-state index is 12.2. The number of amidine groups is 1. The lowest BCUT2D eigenvalue weighted by atomic mass is 10.1. The van der Waals surface area contributed by atoms with Crippen molar-refractivity contribution in [1.29, 1.82) is 0 Å². The highest BCUT2D eigenvalue weighted by Gasteiger charge is 2.24. The molecule has 0 saturated carbocycles. The highest BCUT2D eigenvalue weighted by molar-refractivity contribution is 8.18. The van der Waals surface area contributed by atoms with Gasteiger partial charge >= 0.3 is 11.9 Å². The highest BCUT2D eigenvalue weighted by Crippen LogP contribution is 2.28. The minimum Gasteiger partial charge on any atom is -0.478 e. The molecule has 0 bridgehead atoms. The first-order chi connectivity index (χ1) is 13.8. The zero-order valence-electron chi connectivity index (χ0n) is 15.2. The summed E-state index contributed by atoms with van der Waals surface area (Å²) in [4.78, 5) is 39.3. The van der Waals surface area contributed by atoms with Crippen LogP contribution < -0.4 is 5.32 Å². The zero-order chi connectivity index (χ0) is 21.0. The summed E-state index contributed by atoms with van der Waals surface area (Å²) >= 11 is 1.10. The molecule has 146 valence electrons. The summed E-state index contributed by atoms with van der Waals surface area (Å²) in [5.41, 5.74) is 1.61. The van der Waals surface area contributed by atoms with E-state index in [0.29, 0.717) is 4.91 Å². The number of nitrogens with one attached hydrogen (secondary N) is 1. The molecule has 2 aromatic rings. The number of rotatable bonds is 5. The number of benzene rings is 2. The molecule has 0 spiro atoms. The molecule has 1 saturated heterocycles. The number of aromatic carboxylic acids is 2. The molecule has 1 amide bonds. The van der Waals surface area contributed by atoms with Crippen molar-refractivity contribution >= 4 is 46.5 Å². The van der Waals surface area contributed by atoms with Crippen LogP contribution in [0, 0.1) is 0 Å². The molecular formula is C21H16N2O5S. The van der Waals surface area contributed by atoms with Crippen LogP contribution in [-0.4, -0.2) is 33.2 Å². The summed E-state index contributed by atoms with van der Waals surface area (Å²) in [5, 5.41) is 21.1. The van der Waals surface area contributed by atoms with Crippen LogP contribution in [-0.2, 0) is 4.79 Å². The van der Waals surface area contributed by atoms with E-state index in [-0.39, 0.29) is 27.9 Å². The lowest BCUT2D eigenvalue weighted by Crippen LogP contribution is -2.19. The Bertz CT molecular complexity index is 1060. The quantitative estimate of drug-likeness (QED) is 0.646. The molecule has 3 rings (SSSR count). The van der Waals surface area contributed by atoms with Gasteiger partial charge in [0, 0.05) is 0 Å². The van der Waals surface area contributed by atoms with Crippen molar-refractivity contribution in [3.63, 3.8) is 0 Å². The summed E-state index contributed by atoms with van der Waals surface area (Å²) in [6.07, 6.45) is 3.66. The van der Waals surface area contributed by atoms with E-state index < -0.39 is 11.9 Å². The van der Waals surface area contributed by atoms with Crippen LogP contribution in [0.25, 0.3) is 6.08 Å². The summed E-state index contributed by atoms with van der Waals surface area (Å²) in [5.74, 6) is -2.86. The fraction of sp³-hybridized carbons (Fsp3) is 0.0476. The number of allylic oxidation sites excluding steroid dienone is 2. The normalized spacial score (nSPS) is 16.9. The van der Waals surface area contributed by atoms with Crippen molar-refractivity contribution < 1.29 is 24.6 Å². The Kier molecular flexibility index (Phi) is 5.94. The molecule has 3 N–H and O–H groups in total. The number of thioether (sulfide) groups is 1. The Morgan fingerprint density at radius 1 is 1.03 bits per heavy atom. The summed E-state index contributed by atoms with van der Waals surface area (Å²) in [6.45, 7) is 1.87. The van der Waals surface area contributed by atoms with Crippen LogP contribution in [0.1, 0.15) is 33.2 Å². The van der Waals surface area contributed by atoms with Gasteiger partial charge in [0.25, 0.3) is 5.91 Å². The fourth-order valence-corrected chi connectivity index (χ4v) is 3.47. The third kappa shape index (κ3) is 5.20. The van der Waals surface area contributed by atoms with Crippen LogP contribution >= 0.6 is 11.8 Å². The lowest BCUT2D eigenvalue weighted by Gasteiger charge is -2.02. The number of nitrogens with zero attached hydrogens (tertiary/aromatic N) is 1. The molecule has 2 aromatic carbocycles. The number of carbonyl (C=O) groups is 3. The van der Waals surface area contributed by atoms with E-state index in [2.05, 4.69) is 10.3 Å². The molecule has 0 radical (unpaired) electrons. The second-order valence-electron chi connectivity index (χ2n) is 6.16. The van der Waals surface area contributed by atoms with E-state index in [9.17, 15) is 14.4 Å². The third-order valence-corrected chi connectivity index (χ3v) is 4.76. The van der Waals surface area contributed by atoms with Crippen LogP contribution in [0.15, 0.2) is 70.1 Å². The van der Waals surface area contributed by atoms with E-state index in [4.69, 9.17) is 10.2 Å². The van der Waals surface area contributed by atoms with E-state index in [0.717, 1.165) is 29.0 Å². The number of carboxylic acid groups (broad SMARTS) is 2. The molecule has 1 heterocycles. The van der Waals surface area contributed by atoms with Crippen molar-refractivity contribution in [3.8, 4) is 0 Å². The monoisotopic (exact) mass is 408 g/mol. The van der Waals surface area contributed by atoms with Crippen molar-refractivity contribution in [3.05, 3.63) is 81.8 Å². The van der Waals surface area contributed by atoms with Gasteiger partial charge in [0.1, 0.15) is 0 Å². The predicted octanol–water partition coefficient (Wildman–Crippen LogP) is 3.92. The molecule has 0 unspecified atom stereocenters. The van der Waals surface area contributed by atoms with Gasteiger partial charge in [-0.2, -0.15) is 0 Å². The first-order valence-electron chi connectivity index (χ1n) is 8.46. The maximum absolute atomic E-state index is 12.2. The predicted molar refractivity (Wildman–Crippen MR) is 111 cm³/mol. The Hall–Kier alpha value is -3.65.